The Kier molecular flexibility index (Phi) is 3.41. The van der Waals surface area contributed by atoms with Gasteiger partial charge in [-0.3, -0.25) is 0 Å². The number of likely N-dealkylation sites (tertiary alicyclic amines) is 1. The van der Waals surface area contributed by atoms with Gasteiger partial charge in [0.05, 0.1) is 20.4 Å². The van der Waals surface area contributed by atoms with E-state index in [1.807, 2.05) is 7.05 Å². The van der Waals surface area contributed by atoms with Gasteiger partial charge in [-0.1, -0.05) is 0 Å². The number of ether oxygens (including phenoxy) is 2. The maximum Gasteiger partial charge on any atom is 0.241 e. The second kappa shape index (κ2) is 4.70. The van der Waals surface area contributed by atoms with Crippen molar-refractivity contribution in [1.29, 1.82) is 0 Å². The van der Waals surface area contributed by atoms with E-state index >= 15 is 0 Å². The summed E-state index contributed by atoms with van der Waals surface area (Å²) in [4.78, 5) is 10.5. The fourth-order valence-electron chi connectivity index (χ4n) is 2.37. The summed E-state index contributed by atoms with van der Waals surface area (Å²) in [6.45, 7) is 2.59. The van der Waals surface area contributed by atoms with Crippen LogP contribution in [0.4, 0.5) is 0 Å². The number of likely N-dealkylation sites (N-methyl/N-ethyl adjacent to an activating group) is 1. The highest BCUT2D eigenvalue weighted by Gasteiger charge is 2.44. The van der Waals surface area contributed by atoms with E-state index in [-0.39, 0.29) is 0 Å². The van der Waals surface area contributed by atoms with E-state index in [1.54, 1.807) is 0 Å². The summed E-state index contributed by atoms with van der Waals surface area (Å²) in [5, 5.41) is 10.7. The first-order valence-electron chi connectivity index (χ1n) is 5.88. The number of aliphatic hydroxyl groups is 1. The number of methoxy groups -OCH3 is 2. The lowest BCUT2D eigenvalue weighted by Gasteiger charge is -2.23. The van der Waals surface area contributed by atoms with Crippen molar-refractivity contribution in [3.05, 3.63) is 11.9 Å². The lowest BCUT2D eigenvalue weighted by molar-refractivity contribution is 0.0405. The van der Waals surface area contributed by atoms with Crippen LogP contribution < -0.4 is 9.47 Å². The fourth-order valence-corrected chi connectivity index (χ4v) is 2.37. The van der Waals surface area contributed by atoms with Gasteiger partial charge < -0.3 is 19.5 Å². The summed E-state index contributed by atoms with van der Waals surface area (Å²) in [6, 6.07) is 0.295. The molecule has 1 aromatic rings. The molecule has 6 nitrogen and oxygen atoms in total. The van der Waals surface area contributed by atoms with Crippen LogP contribution >= 0.6 is 0 Å². The predicted molar refractivity (Wildman–Crippen MR) is 65.7 cm³/mol. The Morgan fingerprint density at radius 3 is 2.67 bits per heavy atom. The van der Waals surface area contributed by atoms with Gasteiger partial charge in [-0.05, 0) is 20.4 Å². The van der Waals surface area contributed by atoms with Gasteiger partial charge in [0.2, 0.25) is 11.8 Å². The molecule has 2 atom stereocenters. The molecule has 18 heavy (non-hydrogen) atoms. The minimum absolute atomic E-state index is 0.295. The van der Waals surface area contributed by atoms with Crippen LogP contribution in [0.1, 0.15) is 19.0 Å². The number of nitrogens with zero attached hydrogens (tertiary/aromatic N) is 3. The topological polar surface area (TPSA) is 67.7 Å². The molecule has 0 aliphatic carbocycles. The molecule has 1 N–H and O–H groups in total. The molecule has 2 heterocycles. The molecule has 2 unspecified atom stereocenters. The van der Waals surface area contributed by atoms with Gasteiger partial charge in [0.15, 0.2) is 0 Å². The zero-order valence-electron chi connectivity index (χ0n) is 11.2. The Hall–Kier alpha value is -1.40. The molecule has 100 valence electrons. The van der Waals surface area contributed by atoms with Crippen LogP contribution in [0.2, 0.25) is 0 Å². The van der Waals surface area contributed by atoms with Gasteiger partial charge in [-0.2, -0.15) is 4.98 Å². The van der Waals surface area contributed by atoms with Crippen LogP contribution in [0.25, 0.3) is 0 Å². The Balaban J connectivity index is 2.39. The molecule has 1 aromatic heterocycles. The Morgan fingerprint density at radius 1 is 1.44 bits per heavy atom. The SMILES string of the molecule is COc1cnc(C2(O)CC(C)N(C)C2)c(OC)n1. The van der Waals surface area contributed by atoms with Crippen molar-refractivity contribution < 1.29 is 14.6 Å². The first-order valence-corrected chi connectivity index (χ1v) is 5.88. The maximum atomic E-state index is 10.7. The molecule has 0 spiro atoms. The number of aromatic nitrogens is 2. The van der Waals surface area contributed by atoms with Crippen molar-refractivity contribution in [2.75, 3.05) is 27.8 Å². The minimum Gasteiger partial charge on any atom is -0.480 e. The normalized spacial score (nSPS) is 28.4. The molecule has 1 saturated heterocycles. The van der Waals surface area contributed by atoms with Gasteiger partial charge in [0.1, 0.15) is 11.3 Å². The quantitative estimate of drug-likeness (QED) is 0.841. The molecular weight excluding hydrogens is 234 g/mol. The van der Waals surface area contributed by atoms with Gasteiger partial charge in [-0.15, -0.1) is 0 Å². The Bertz CT molecular complexity index is 429. The van der Waals surface area contributed by atoms with Crippen molar-refractivity contribution in [3.8, 4) is 11.8 Å². The molecule has 0 aromatic carbocycles. The molecule has 6 heteroatoms. The lowest BCUT2D eigenvalue weighted by atomic mass is 9.96. The predicted octanol–water partition coefficient (Wildman–Crippen LogP) is 0.405. The number of hydrogen-bond acceptors (Lipinski definition) is 6. The average Bonchev–Trinajstić information content (AvgIpc) is 2.63. The summed E-state index contributed by atoms with van der Waals surface area (Å²) in [6.07, 6.45) is 2.11. The van der Waals surface area contributed by atoms with Gasteiger partial charge in [-0.25, -0.2) is 4.98 Å². The number of β-amino-alcohol motifs (C(OH)–C–C–N with tert-alkyl or cyclic N) is 1. The highest BCUT2D eigenvalue weighted by molar-refractivity contribution is 5.29. The third-order valence-corrected chi connectivity index (χ3v) is 3.46. The molecule has 0 bridgehead atoms. The standard InChI is InChI=1S/C12H19N3O3/c1-8-5-12(16,7-15(8)2)10-11(18-4)14-9(17-3)6-13-10/h6,8,16H,5,7H2,1-4H3. The second-order valence-electron chi connectivity index (χ2n) is 4.77. The molecule has 2 rings (SSSR count). The molecule has 1 fully saturated rings. The molecule has 0 radical (unpaired) electrons. The molecular formula is C12H19N3O3. The van der Waals surface area contributed by atoms with Gasteiger partial charge in [0.25, 0.3) is 0 Å². The van der Waals surface area contributed by atoms with Crippen LogP contribution in [0.3, 0.4) is 0 Å². The number of hydrogen-bond donors (Lipinski definition) is 1. The molecule has 0 amide bonds. The summed E-state index contributed by atoms with van der Waals surface area (Å²) < 4.78 is 10.2. The second-order valence-corrected chi connectivity index (χ2v) is 4.77. The average molecular weight is 253 g/mol. The van der Waals surface area contributed by atoms with E-state index in [0.717, 1.165) is 0 Å². The highest BCUT2D eigenvalue weighted by Crippen LogP contribution is 2.37. The summed E-state index contributed by atoms with van der Waals surface area (Å²) in [7, 11) is 5.01. The van der Waals surface area contributed by atoms with E-state index < -0.39 is 5.60 Å². The van der Waals surface area contributed by atoms with Crippen molar-refractivity contribution in [3.63, 3.8) is 0 Å². The minimum atomic E-state index is -1.02. The molecule has 1 aliphatic rings. The van der Waals surface area contributed by atoms with E-state index in [1.165, 1.54) is 20.4 Å². The summed E-state index contributed by atoms with van der Waals surface area (Å²) >= 11 is 0. The third kappa shape index (κ3) is 2.13. The van der Waals surface area contributed by atoms with E-state index in [2.05, 4.69) is 21.8 Å². The van der Waals surface area contributed by atoms with Crippen LogP contribution in [0, 0.1) is 0 Å². The van der Waals surface area contributed by atoms with Crippen molar-refractivity contribution in [2.24, 2.45) is 0 Å². The first kappa shape index (κ1) is 13.0. The molecule has 1 aliphatic heterocycles. The fraction of sp³-hybridized carbons (Fsp3) is 0.667. The van der Waals surface area contributed by atoms with Crippen molar-refractivity contribution in [2.45, 2.75) is 25.0 Å². The van der Waals surface area contributed by atoms with Gasteiger partial charge in [0, 0.05) is 12.6 Å². The lowest BCUT2D eigenvalue weighted by Crippen LogP contribution is -2.31. The summed E-state index contributed by atoms with van der Waals surface area (Å²) in [5.74, 6) is 0.693. The van der Waals surface area contributed by atoms with Crippen LogP contribution in [-0.2, 0) is 5.60 Å². The van der Waals surface area contributed by atoms with Crippen molar-refractivity contribution >= 4 is 0 Å². The monoisotopic (exact) mass is 253 g/mol. The Labute approximate surface area is 107 Å². The zero-order valence-corrected chi connectivity index (χ0v) is 11.2. The third-order valence-electron chi connectivity index (χ3n) is 3.46. The van der Waals surface area contributed by atoms with E-state index in [4.69, 9.17) is 9.47 Å². The molecule has 0 saturated carbocycles. The highest BCUT2D eigenvalue weighted by atomic mass is 16.5. The first-order chi connectivity index (χ1) is 8.50. The van der Waals surface area contributed by atoms with Gasteiger partial charge >= 0.3 is 0 Å². The van der Waals surface area contributed by atoms with E-state index in [9.17, 15) is 5.11 Å². The van der Waals surface area contributed by atoms with E-state index in [0.29, 0.717) is 36.5 Å². The van der Waals surface area contributed by atoms with Crippen LogP contribution in [0.5, 0.6) is 11.8 Å². The largest absolute Gasteiger partial charge is 0.480 e. The van der Waals surface area contributed by atoms with Crippen LogP contribution in [-0.4, -0.2) is 53.8 Å². The smallest absolute Gasteiger partial charge is 0.241 e. The Morgan fingerprint density at radius 2 is 2.17 bits per heavy atom. The summed E-state index contributed by atoms with van der Waals surface area (Å²) in [5.41, 5.74) is -0.541. The maximum absolute atomic E-state index is 10.7. The number of rotatable bonds is 3. The van der Waals surface area contributed by atoms with Crippen LogP contribution in [0.15, 0.2) is 6.20 Å². The zero-order chi connectivity index (χ0) is 13.3. The van der Waals surface area contributed by atoms with Crippen molar-refractivity contribution in [1.82, 2.24) is 14.9 Å².